The fourth-order valence-corrected chi connectivity index (χ4v) is 5.76. The molecule has 4 nitrogen and oxygen atoms in total. The topological polar surface area (TPSA) is 55.6 Å². The van der Waals surface area contributed by atoms with Crippen LogP contribution in [0.15, 0.2) is 112 Å². The fourth-order valence-electron chi connectivity index (χ4n) is 4.81. The first-order chi connectivity index (χ1) is 18.0. The van der Waals surface area contributed by atoms with Crippen molar-refractivity contribution in [2.75, 3.05) is 10.6 Å². The normalized spacial score (nSPS) is 11.3. The van der Waals surface area contributed by atoms with Crippen LogP contribution in [-0.4, -0.2) is 15.1 Å². The van der Waals surface area contributed by atoms with E-state index in [1.807, 2.05) is 30.3 Å². The number of halogens is 2. The molecule has 0 unspecified atom stereocenters. The van der Waals surface area contributed by atoms with Gasteiger partial charge in [-0.05, 0) is 89.6 Å². The minimum absolute atomic E-state index is 0.0227. The van der Waals surface area contributed by atoms with Gasteiger partial charge in [-0.2, -0.15) is 0 Å². The fraction of sp³-hybridized carbons (Fsp3) is 0.0333. The Kier molecular flexibility index (Phi) is 6.59. The quantitative estimate of drug-likeness (QED) is 0.144. The van der Waals surface area contributed by atoms with Gasteiger partial charge in [0, 0.05) is 60.4 Å². The van der Waals surface area contributed by atoms with Gasteiger partial charge in [-0.25, -0.2) is 0 Å². The van der Waals surface area contributed by atoms with E-state index < -0.39 is 0 Å². The number of hydrogen-bond donors (Lipinski definition) is 4. The molecular weight excluding hydrogens is 608 g/mol. The summed E-state index contributed by atoms with van der Waals surface area (Å²) in [4.78, 5) is 6.94. The van der Waals surface area contributed by atoms with Crippen LogP contribution >= 0.6 is 44.1 Å². The predicted octanol–water partition coefficient (Wildman–Crippen LogP) is 9.16. The van der Waals surface area contributed by atoms with Gasteiger partial charge in [-0.15, -0.1) is 0 Å². The summed E-state index contributed by atoms with van der Waals surface area (Å²) in [5.41, 5.74) is 7.74. The van der Waals surface area contributed by atoms with Gasteiger partial charge in [0.1, 0.15) is 0 Å². The Hall–Kier alpha value is -3.39. The minimum Gasteiger partial charge on any atom is -0.361 e. The van der Waals surface area contributed by atoms with Crippen molar-refractivity contribution in [3.63, 3.8) is 0 Å². The SMILES string of the molecule is S=C(Nc1ccccc1)Nc1ccc(C(c2c[nH]c3ccc(Br)cc23)c2c[nH]c3ccc(Br)cc23)cc1. The van der Waals surface area contributed by atoms with E-state index in [9.17, 15) is 0 Å². The molecule has 7 heteroatoms. The lowest BCUT2D eigenvalue weighted by Crippen LogP contribution is -2.19. The van der Waals surface area contributed by atoms with Gasteiger partial charge >= 0.3 is 0 Å². The Balaban J connectivity index is 1.39. The number of aromatic amines is 2. The molecule has 4 N–H and O–H groups in total. The van der Waals surface area contributed by atoms with Crippen LogP contribution in [0.4, 0.5) is 11.4 Å². The van der Waals surface area contributed by atoms with Gasteiger partial charge < -0.3 is 20.6 Å². The first kappa shape index (κ1) is 24.0. The van der Waals surface area contributed by atoms with Gasteiger partial charge in [0.15, 0.2) is 5.11 Å². The van der Waals surface area contributed by atoms with E-state index in [0.717, 1.165) is 31.4 Å². The van der Waals surface area contributed by atoms with Crippen LogP contribution in [0.25, 0.3) is 21.8 Å². The molecule has 0 spiro atoms. The molecular formula is C30H22Br2N4S. The van der Waals surface area contributed by atoms with Gasteiger partial charge in [0.2, 0.25) is 0 Å². The number of aromatic nitrogens is 2. The maximum Gasteiger partial charge on any atom is 0.175 e. The van der Waals surface area contributed by atoms with E-state index in [-0.39, 0.29) is 5.92 Å². The number of benzene rings is 4. The van der Waals surface area contributed by atoms with Crippen molar-refractivity contribution < 1.29 is 0 Å². The molecule has 0 bridgehead atoms. The lowest BCUT2D eigenvalue weighted by Gasteiger charge is -2.18. The van der Waals surface area contributed by atoms with Crippen molar-refractivity contribution in [1.82, 2.24) is 9.97 Å². The Labute approximate surface area is 236 Å². The van der Waals surface area contributed by atoms with E-state index in [1.165, 1.54) is 27.5 Å². The smallest absolute Gasteiger partial charge is 0.175 e. The third-order valence-electron chi connectivity index (χ3n) is 6.51. The summed E-state index contributed by atoms with van der Waals surface area (Å²) in [5.74, 6) is 0.0227. The monoisotopic (exact) mass is 628 g/mol. The summed E-state index contributed by atoms with van der Waals surface area (Å²) in [6.07, 6.45) is 4.26. The highest BCUT2D eigenvalue weighted by atomic mass is 79.9. The number of hydrogen-bond acceptors (Lipinski definition) is 1. The zero-order valence-corrected chi connectivity index (χ0v) is 23.5. The minimum atomic E-state index is 0.0227. The van der Waals surface area contributed by atoms with Crippen LogP contribution in [0.5, 0.6) is 0 Å². The van der Waals surface area contributed by atoms with E-state index in [2.05, 4.69) is 126 Å². The molecule has 2 aromatic heterocycles. The van der Waals surface area contributed by atoms with Crippen molar-refractivity contribution in [3.05, 3.63) is 129 Å². The van der Waals surface area contributed by atoms with Gasteiger partial charge in [0.05, 0.1) is 0 Å². The van der Waals surface area contributed by atoms with Gasteiger partial charge in [0.25, 0.3) is 0 Å². The Morgan fingerprint density at radius 2 is 1.16 bits per heavy atom. The molecule has 182 valence electrons. The van der Waals surface area contributed by atoms with Crippen molar-refractivity contribution in [2.24, 2.45) is 0 Å². The third kappa shape index (κ3) is 4.94. The molecule has 0 atom stereocenters. The molecule has 0 saturated carbocycles. The van der Waals surface area contributed by atoms with Crippen molar-refractivity contribution in [2.45, 2.75) is 5.92 Å². The average molecular weight is 630 g/mol. The maximum atomic E-state index is 5.52. The number of rotatable bonds is 5. The Morgan fingerprint density at radius 1 is 0.649 bits per heavy atom. The summed E-state index contributed by atoms with van der Waals surface area (Å²) in [7, 11) is 0. The zero-order chi connectivity index (χ0) is 25.4. The number of para-hydroxylation sites is 1. The van der Waals surface area contributed by atoms with E-state index in [1.54, 1.807) is 0 Å². The zero-order valence-electron chi connectivity index (χ0n) is 19.6. The summed E-state index contributed by atoms with van der Waals surface area (Å²) >= 11 is 12.8. The van der Waals surface area contributed by atoms with Crippen molar-refractivity contribution >= 4 is 82.4 Å². The van der Waals surface area contributed by atoms with Crippen LogP contribution in [0.2, 0.25) is 0 Å². The summed E-state index contributed by atoms with van der Waals surface area (Å²) in [5, 5.41) is 9.46. The highest BCUT2D eigenvalue weighted by molar-refractivity contribution is 9.10. The summed E-state index contributed by atoms with van der Waals surface area (Å²) in [6.45, 7) is 0. The largest absolute Gasteiger partial charge is 0.361 e. The molecule has 0 aliphatic heterocycles. The molecule has 0 amide bonds. The molecule has 4 aromatic carbocycles. The number of H-pyrrole nitrogens is 2. The van der Waals surface area contributed by atoms with E-state index in [4.69, 9.17) is 12.2 Å². The molecule has 6 rings (SSSR count). The van der Waals surface area contributed by atoms with Crippen molar-refractivity contribution in [1.29, 1.82) is 0 Å². The number of fused-ring (bicyclic) bond motifs is 2. The maximum absolute atomic E-state index is 5.52. The number of nitrogens with one attached hydrogen (secondary N) is 4. The number of anilines is 2. The van der Waals surface area contributed by atoms with Gasteiger partial charge in [-0.1, -0.05) is 62.2 Å². The molecule has 37 heavy (non-hydrogen) atoms. The third-order valence-corrected chi connectivity index (χ3v) is 7.70. The average Bonchev–Trinajstić information content (AvgIpc) is 3.50. The van der Waals surface area contributed by atoms with Crippen LogP contribution in [0, 0.1) is 0 Å². The van der Waals surface area contributed by atoms with Crippen molar-refractivity contribution in [3.8, 4) is 0 Å². The van der Waals surface area contributed by atoms with Crippen LogP contribution in [-0.2, 0) is 0 Å². The number of thiocarbonyl (C=S) groups is 1. The molecule has 2 heterocycles. The highest BCUT2D eigenvalue weighted by Gasteiger charge is 2.23. The first-order valence-electron chi connectivity index (χ1n) is 11.8. The van der Waals surface area contributed by atoms with Crippen LogP contribution in [0.1, 0.15) is 22.6 Å². The first-order valence-corrected chi connectivity index (χ1v) is 13.8. The summed E-state index contributed by atoms with van der Waals surface area (Å²) < 4.78 is 2.11. The van der Waals surface area contributed by atoms with E-state index in [0.29, 0.717) is 5.11 Å². The van der Waals surface area contributed by atoms with Crippen LogP contribution < -0.4 is 10.6 Å². The molecule has 6 aromatic rings. The summed E-state index contributed by atoms with van der Waals surface area (Å²) in [6, 6.07) is 31.1. The molecule has 0 saturated heterocycles. The van der Waals surface area contributed by atoms with Crippen LogP contribution in [0.3, 0.4) is 0 Å². The molecule has 0 radical (unpaired) electrons. The molecule has 0 aliphatic carbocycles. The lowest BCUT2D eigenvalue weighted by molar-refractivity contribution is 0.998. The highest BCUT2D eigenvalue weighted by Crippen LogP contribution is 2.40. The molecule has 0 aliphatic rings. The Morgan fingerprint density at radius 3 is 1.70 bits per heavy atom. The lowest BCUT2D eigenvalue weighted by atomic mass is 9.84. The second-order valence-corrected chi connectivity index (χ2v) is 11.1. The second-order valence-electron chi connectivity index (χ2n) is 8.87. The van der Waals surface area contributed by atoms with E-state index >= 15 is 0 Å². The second kappa shape index (κ2) is 10.2. The molecule has 0 fully saturated rings. The van der Waals surface area contributed by atoms with Gasteiger partial charge in [-0.3, -0.25) is 0 Å². The Bertz CT molecular complexity index is 1640. The predicted molar refractivity (Wildman–Crippen MR) is 166 cm³/mol. The standard InChI is InChI=1S/C30H22Br2N4S/c31-19-8-12-27-23(14-19)25(16-33-27)29(26-17-34-28-13-9-20(32)15-24(26)28)18-6-10-22(11-7-18)36-30(37)35-21-4-2-1-3-5-21/h1-17,29,33-34H,(H2,35,36,37).